The zero-order valence-corrected chi connectivity index (χ0v) is 9.70. The molecule has 0 saturated heterocycles. The first-order valence-corrected chi connectivity index (χ1v) is 5.50. The van der Waals surface area contributed by atoms with E-state index in [1.54, 1.807) is 12.4 Å². The molecule has 0 aliphatic heterocycles. The smallest absolute Gasteiger partial charge is 0.171 e. The summed E-state index contributed by atoms with van der Waals surface area (Å²) < 4.78 is 0. The number of rotatable bonds is 3. The van der Waals surface area contributed by atoms with Crippen LogP contribution >= 0.6 is 11.6 Å². The predicted octanol–water partition coefficient (Wildman–Crippen LogP) is 3.44. The van der Waals surface area contributed by atoms with Gasteiger partial charge in [0.2, 0.25) is 0 Å². The molecule has 0 bridgehead atoms. The second kappa shape index (κ2) is 4.94. The van der Waals surface area contributed by atoms with Crippen LogP contribution in [0.5, 0.6) is 0 Å². The minimum Gasteiger partial charge on any atom is -0.338 e. The maximum Gasteiger partial charge on any atom is 0.171 e. The Morgan fingerprint density at radius 2 is 1.81 bits per heavy atom. The Morgan fingerprint density at radius 3 is 2.44 bits per heavy atom. The van der Waals surface area contributed by atoms with Gasteiger partial charge in [-0.15, -0.1) is 0 Å². The van der Waals surface area contributed by atoms with Crippen molar-refractivity contribution < 1.29 is 0 Å². The van der Waals surface area contributed by atoms with Crippen LogP contribution in [0.1, 0.15) is 12.5 Å². The SMILES string of the molecule is CCc1ccc(Nc2nccnc2Cl)cc1. The summed E-state index contributed by atoms with van der Waals surface area (Å²) in [5.74, 6) is 0.577. The summed E-state index contributed by atoms with van der Waals surface area (Å²) in [6, 6.07) is 8.16. The van der Waals surface area contributed by atoms with Crippen LogP contribution < -0.4 is 5.32 Å². The molecule has 2 rings (SSSR count). The lowest BCUT2D eigenvalue weighted by Gasteiger charge is -2.06. The number of halogens is 1. The van der Waals surface area contributed by atoms with Crippen LogP contribution in [0.25, 0.3) is 0 Å². The van der Waals surface area contributed by atoms with Gasteiger partial charge in [0.05, 0.1) is 0 Å². The summed E-state index contributed by atoms with van der Waals surface area (Å²) in [4.78, 5) is 8.06. The number of benzene rings is 1. The Bertz CT molecular complexity index is 468. The highest BCUT2D eigenvalue weighted by molar-refractivity contribution is 6.31. The maximum absolute atomic E-state index is 5.90. The van der Waals surface area contributed by atoms with Crippen molar-refractivity contribution in [2.75, 3.05) is 5.32 Å². The summed E-state index contributed by atoms with van der Waals surface area (Å²) >= 11 is 5.90. The molecule has 2 aromatic rings. The lowest BCUT2D eigenvalue weighted by Crippen LogP contribution is -1.95. The zero-order chi connectivity index (χ0) is 11.4. The van der Waals surface area contributed by atoms with Gasteiger partial charge in [-0.2, -0.15) is 0 Å². The lowest BCUT2D eigenvalue weighted by molar-refractivity contribution is 1.14. The van der Waals surface area contributed by atoms with Gasteiger partial charge in [-0.1, -0.05) is 30.7 Å². The van der Waals surface area contributed by atoms with Crippen LogP contribution in [0.3, 0.4) is 0 Å². The largest absolute Gasteiger partial charge is 0.338 e. The fourth-order valence-electron chi connectivity index (χ4n) is 1.37. The van der Waals surface area contributed by atoms with Crippen molar-refractivity contribution >= 4 is 23.1 Å². The van der Waals surface area contributed by atoms with E-state index in [9.17, 15) is 0 Å². The summed E-state index contributed by atoms with van der Waals surface area (Å²) in [6.07, 6.45) is 4.20. The molecule has 16 heavy (non-hydrogen) atoms. The monoisotopic (exact) mass is 233 g/mol. The molecular formula is C12H12ClN3. The van der Waals surface area contributed by atoms with Gasteiger partial charge >= 0.3 is 0 Å². The van der Waals surface area contributed by atoms with Gasteiger partial charge < -0.3 is 5.32 Å². The van der Waals surface area contributed by atoms with E-state index in [0.717, 1.165) is 12.1 Å². The third-order valence-corrected chi connectivity index (χ3v) is 2.56. The van der Waals surface area contributed by atoms with Gasteiger partial charge in [-0.25, -0.2) is 9.97 Å². The van der Waals surface area contributed by atoms with E-state index < -0.39 is 0 Å². The van der Waals surface area contributed by atoms with Gasteiger partial charge in [0.15, 0.2) is 11.0 Å². The van der Waals surface area contributed by atoms with E-state index >= 15 is 0 Å². The molecule has 0 unspecified atom stereocenters. The average Bonchev–Trinajstić information content (AvgIpc) is 2.33. The van der Waals surface area contributed by atoms with Crippen LogP contribution in [0.15, 0.2) is 36.7 Å². The normalized spacial score (nSPS) is 10.1. The second-order valence-electron chi connectivity index (χ2n) is 3.37. The number of hydrogen-bond donors (Lipinski definition) is 1. The first-order valence-electron chi connectivity index (χ1n) is 5.12. The fraction of sp³-hybridized carbons (Fsp3) is 0.167. The topological polar surface area (TPSA) is 37.8 Å². The fourth-order valence-corrected chi connectivity index (χ4v) is 1.52. The summed E-state index contributed by atoms with van der Waals surface area (Å²) in [5.41, 5.74) is 2.26. The van der Waals surface area contributed by atoms with Gasteiger partial charge in [-0.3, -0.25) is 0 Å². The third-order valence-electron chi connectivity index (χ3n) is 2.28. The number of anilines is 2. The first-order chi connectivity index (χ1) is 7.79. The molecule has 0 aliphatic carbocycles. The molecule has 0 aliphatic rings. The van der Waals surface area contributed by atoms with E-state index in [0.29, 0.717) is 11.0 Å². The Kier molecular flexibility index (Phi) is 3.37. The Balaban J connectivity index is 2.18. The minimum atomic E-state index is 0.377. The first kappa shape index (κ1) is 10.9. The second-order valence-corrected chi connectivity index (χ2v) is 3.73. The van der Waals surface area contributed by atoms with E-state index in [1.165, 1.54) is 5.56 Å². The molecular weight excluding hydrogens is 222 g/mol. The minimum absolute atomic E-state index is 0.377. The molecule has 3 nitrogen and oxygen atoms in total. The molecule has 0 amide bonds. The molecule has 0 saturated carbocycles. The van der Waals surface area contributed by atoms with Crippen molar-refractivity contribution in [3.05, 3.63) is 47.4 Å². The van der Waals surface area contributed by atoms with Gasteiger partial charge in [0, 0.05) is 18.1 Å². The van der Waals surface area contributed by atoms with Crippen LogP contribution in [-0.4, -0.2) is 9.97 Å². The van der Waals surface area contributed by atoms with E-state index in [-0.39, 0.29) is 0 Å². The van der Waals surface area contributed by atoms with Crippen molar-refractivity contribution in [1.82, 2.24) is 9.97 Å². The molecule has 1 aromatic heterocycles. The third kappa shape index (κ3) is 2.49. The van der Waals surface area contributed by atoms with Crippen LogP contribution in [0, 0.1) is 0 Å². The number of nitrogens with zero attached hydrogens (tertiary/aromatic N) is 2. The number of aromatic nitrogens is 2. The van der Waals surface area contributed by atoms with Crippen LogP contribution in [0.2, 0.25) is 5.15 Å². The molecule has 1 aromatic carbocycles. The molecule has 82 valence electrons. The van der Waals surface area contributed by atoms with E-state index in [4.69, 9.17) is 11.6 Å². The molecule has 4 heteroatoms. The Labute approximate surface area is 99.5 Å². The summed E-state index contributed by atoms with van der Waals surface area (Å²) in [6.45, 7) is 2.13. The molecule has 1 heterocycles. The number of hydrogen-bond acceptors (Lipinski definition) is 3. The van der Waals surface area contributed by atoms with Gasteiger partial charge in [0.25, 0.3) is 0 Å². The highest BCUT2D eigenvalue weighted by Gasteiger charge is 2.01. The van der Waals surface area contributed by atoms with Crippen molar-refractivity contribution in [2.45, 2.75) is 13.3 Å². The quantitative estimate of drug-likeness (QED) is 0.883. The van der Waals surface area contributed by atoms with Crippen molar-refractivity contribution in [3.63, 3.8) is 0 Å². The predicted molar refractivity (Wildman–Crippen MR) is 66.1 cm³/mol. The summed E-state index contributed by atoms with van der Waals surface area (Å²) in [5, 5.41) is 3.49. The molecule has 0 fully saturated rings. The van der Waals surface area contributed by atoms with Crippen molar-refractivity contribution in [3.8, 4) is 0 Å². The molecule has 0 radical (unpaired) electrons. The van der Waals surface area contributed by atoms with Gasteiger partial charge in [-0.05, 0) is 24.1 Å². The Morgan fingerprint density at radius 1 is 1.12 bits per heavy atom. The van der Waals surface area contributed by atoms with Gasteiger partial charge in [0.1, 0.15) is 0 Å². The van der Waals surface area contributed by atoms with Crippen LogP contribution in [-0.2, 0) is 6.42 Å². The standard InChI is InChI=1S/C12H12ClN3/c1-2-9-3-5-10(6-4-9)16-12-11(13)14-7-8-15-12/h3-8H,2H2,1H3,(H,15,16). The zero-order valence-electron chi connectivity index (χ0n) is 8.94. The van der Waals surface area contributed by atoms with E-state index in [1.807, 2.05) is 12.1 Å². The lowest BCUT2D eigenvalue weighted by atomic mass is 10.1. The summed E-state index contributed by atoms with van der Waals surface area (Å²) in [7, 11) is 0. The van der Waals surface area contributed by atoms with Crippen molar-refractivity contribution in [1.29, 1.82) is 0 Å². The average molecular weight is 234 g/mol. The molecule has 1 N–H and O–H groups in total. The van der Waals surface area contributed by atoms with Crippen LogP contribution in [0.4, 0.5) is 11.5 Å². The van der Waals surface area contributed by atoms with Crippen molar-refractivity contribution in [2.24, 2.45) is 0 Å². The molecule has 0 spiro atoms. The highest BCUT2D eigenvalue weighted by atomic mass is 35.5. The van der Waals surface area contributed by atoms with E-state index in [2.05, 4.69) is 34.3 Å². The Hall–Kier alpha value is -1.61. The number of aryl methyl sites for hydroxylation is 1. The maximum atomic E-state index is 5.90. The number of nitrogens with one attached hydrogen (secondary N) is 1. The molecule has 0 atom stereocenters. The highest BCUT2D eigenvalue weighted by Crippen LogP contribution is 2.20.